The average molecular weight is 353 g/mol. The summed E-state index contributed by atoms with van der Waals surface area (Å²) in [6.07, 6.45) is 1.55. The van der Waals surface area contributed by atoms with Crippen LogP contribution in [0.3, 0.4) is 0 Å². The van der Waals surface area contributed by atoms with Crippen molar-refractivity contribution in [2.45, 2.75) is 83.7 Å². The number of carbonyl (C=O) groups excluding carboxylic acids is 1. The van der Waals surface area contributed by atoms with Crippen LogP contribution in [0.2, 0.25) is 0 Å². The van der Waals surface area contributed by atoms with E-state index in [0.717, 1.165) is 12.2 Å². The van der Waals surface area contributed by atoms with Crippen molar-refractivity contribution in [3.05, 3.63) is 11.6 Å². The van der Waals surface area contributed by atoms with Gasteiger partial charge < -0.3 is 20.5 Å². The standard InChI is InChI=1S/C17H31N5O3/c1-10(2)18-17(24)19-13-8-12(6-7-14(13)23)16-20-15(9-25-5)21-22(16)11(3)4/h10-14,23H,6-9H2,1-5H3,(H2,18,19,24)/t12-,13+,14+/m0/s1. The van der Waals surface area contributed by atoms with Gasteiger partial charge in [-0.05, 0) is 47.0 Å². The predicted molar refractivity (Wildman–Crippen MR) is 94.3 cm³/mol. The van der Waals surface area contributed by atoms with E-state index in [9.17, 15) is 9.90 Å². The van der Waals surface area contributed by atoms with Gasteiger partial charge in [-0.25, -0.2) is 14.5 Å². The normalized spacial score (nSPS) is 23.9. The second-order valence-electron chi connectivity index (χ2n) is 7.31. The Morgan fingerprint density at radius 1 is 1.36 bits per heavy atom. The molecule has 0 spiro atoms. The maximum Gasteiger partial charge on any atom is 0.315 e. The first-order valence-electron chi connectivity index (χ1n) is 9.01. The third-order valence-electron chi connectivity index (χ3n) is 4.38. The van der Waals surface area contributed by atoms with E-state index >= 15 is 0 Å². The molecule has 1 saturated carbocycles. The number of amides is 2. The molecule has 3 atom stereocenters. The van der Waals surface area contributed by atoms with Crippen LogP contribution in [0.4, 0.5) is 4.79 Å². The van der Waals surface area contributed by atoms with Crippen molar-refractivity contribution in [2.75, 3.05) is 7.11 Å². The van der Waals surface area contributed by atoms with Crippen molar-refractivity contribution in [1.29, 1.82) is 0 Å². The zero-order valence-electron chi connectivity index (χ0n) is 15.8. The lowest BCUT2D eigenvalue weighted by molar-refractivity contribution is 0.0845. The van der Waals surface area contributed by atoms with E-state index in [0.29, 0.717) is 25.3 Å². The third kappa shape index (κ3) is 5.15. The highest BCUT2D eigenvalue weighted by molar-refractivity contribution is 5.74. The molecule has 1 aliphatic carbocycles. The third-order valence-corrected chi connectivity index (χ3v) is 4.38. The SMILES string of the molecule is COCc1nc([C@H]2CC[C@@H](O)[C@H](NC(=O)NC(C)C)C2)n(C(C)C)n1. The average Bonchev–Trinajstić information content (AvgIpc) is 2.93. The van der Waals surface area contributed by atoms with Crippen LogP contribution in [-0.2, 0) is 11.3 Å². The molecule has 3 N–H and O–H groups in total. The van der Waals surface area contributed by atoms with Crippen LogP contribution in [0, 0.1) is 0 Å². The van der Waals surface area contributed by atoms with Gasteiger partial charge >= 0.3 is 6.03 Å². The molecule has 2 amide bonds. The van der Waals surface area contributed by atoms with Gasteiger partial charge in [-0.3, -0.25) is 0 Å². The lowest BCUT2D eigenvalue weighted by Crippen LogP contribution is -2.51. The summed E-state index contributed by atoms with van der Waals surface area (Å²) in [5, 5.41) is 20.5. The van der Waals surface area contributed by atoms with Crippen molar-refractivity contribution < 1.29 is 14.6 Å². The molecule has 0 saturated heterocycles. The number of nitrogens with one attached hydrogen (secondary N) is 2. The Hall–Kier alpha value is -1.67. The summed E-state index contributed by atoms with van der Waals surface area (Å²) in [5.41, 5.74) is 0. The summed E-state index contributed by atoms with van der Waals surface area (Å²) >= 11 is 0. The van der Waals surface area contributed by atoms with Gasteiger partial charge in [0.1, 0.15) is 12.4 Å². The number of ether oxygens (including phenoxy) is 1. The van der Waals surface area contributed by atoms with E-state index in [2.05, 4.69) is 34.6 Å². The maximum absolute atomic E-state index is 12.0. The first kappa shape index (κ1) is 19.7. The summed E-state index contributed by atoms with van der Waals surface area (Å²) in [7, 11) is 1.63. The van der Waals surface area contributed by atoms with Crippen molar-refractivity contribution in [3.8, 4) is 0 Å². The molecular weight excluding hydrogens is 322 g/mol. The molecule has 8 heteroatoms. The largest absolute Gasteiger partial charge is 0.391 e. The molecule has 8 nitrogen and oxygen atoms in total. The number of aliphatic hydroxyl groups is 1. The van der Waals surface area contributed by atoms with Crippen LogP contribution >= 0.6 is 0 Å². The van der Waals surface area contributed by atoms with Crippen LogP contribution in [0.1, 0.15) is 70.6 Å². The molecule has 1 fully saturated rings. The second-order valence-corrected chi connectivity index (χ2v) is 7.31. The van der Waals surface area contributed by atoms with Crippen molar-refractivity contribution in [1.82, 2.24) is 25.4 Å². The monoisotopic (exact) mass is 353 g/mol. The molecule has 1 aromatic rings. The van der Waals surface area contributed by atoms with Crippen LogP contribution < -0.4 is 10.6 Å². The molecular formula is C17H31N5O3. The molecule has 0 bridgehead atoms. The first-order valence-corrected chi connectivity index (χ1v) is 9.01. The minimum atomic E-state index is -0.539. The van der Waals surface area contributed by atoms with E-state index in [-0.39, 0.29) is 30.1 Å². The Kier molecular flexibility index (Phi) is 6.78. The zero-order chi connectivity index (χ0) is 18.6. The lowest BCUT2D eigenvalue weighted by atomic mass is 9.83. The highest BCUT2D eigenvalue weighted by atomic mass is 16.5. The van der Waals surface area contributed by atoms with Crippen LogP contribution in [0.15, 0.2) is 0 Å². The molecule has 0 unspecified atom stereocenters. The zero-order valence-corrected chi connectivity index (χ0v) is 15.8. The quantitative estimate of drug-likeness (QED) is 0.723. The minimum absolute atomic E-state index is 0.0529. The number of aromatic nitrogens is 3. The van der Waals surface area contributed by atoms with Crippen LogP contribution in [0.5, 0.6) is 0 Å². The highest BCUT2D eigenvalue weighted by Crippen LogP contribution is 2.33. The van der Waals surface area contributed by atoms with E-state index in [4.69, 9.17) is 4.74 Å². The summed E-state index contributed by atoms with van der Waals surface area (Å²) in [4.78, 5) is 16.6. The molecule has 1 aromatic heterocycles. The second kappa shape index (κ2) is 8.62. The Balaban J connectivity index is 2.13. The number of aliphatic hydroxyl groups excluding tert-OH is 1. The van der Waals surface area contributed by atoms with Gasteiger partial charge in [-0.2, -0.15) is 5.10 Å². The van der Waals surface area contributed by atoms with Gasteiger partial charge in [-0.15, -0.1) is 0 Å². The highest BCUT2D eigenvalue weighted by Gasteiger charge is 2.34. The number of hydrogen-bond acceptors (Lipinski definition) is 5. The summed E-state index contributed by atoms with van der Waals surface area (Å²) in [6.45, 7) is 8.32. The molecule has 0 radical (unpaired) electrons. The van der Waals surface area contributed by atoms with Gasteiger partial charge in [0.25, 0.3) is 0 Å². The maximum atomic E-state index is 12.0. The summed E-state index contributed by atoms with van der Waals surface area (Å²) in [5.74, 6) is 1.72. The number of urea groups is 1. The molecule has 0 aliphatic heterocycles. The van der Waals surface area contributed by atoms with Crippen molar-refractivity contribution in [2.24, 2.45) is 0 Å². The number of nitrogens with zero attached hydrogens (tertiary/aromatic N) is 3. The summed E-state index contributed by atoms with van der Waals surface area (Å²) in [6, 6.07) is -0.293. The van der Waals surface area contributed by atoms with Crippen LogP contribution in [-0.4, -0.2) is 51.2 Å². The van der Waals surface area contributed by atoms with E-state index in [1.54, 1.807) is 7.11 Å². The molecule has 1 heterocycles. The topological polar surface area (TPSA) is 101 Å². The number of carbonyl (C=O) groups is 1. The van der Waals surface area contributed by atoms with Crippen LogP contribution in [0.25, 0.3) is 0 Å². The summed E-state index contributed by atoms with van der Waals surface area (Å²) < 4.78 is 7.08. The number of rotatable bonds is 6. The Morgan fingerprint density at radius 2 is 2.08 bits per heavy atom. The molecule has 142 valence electrons. The molecule has 0 aromatic carbocycles. The van der Waals surface area contributed by atoms with Gasteiger partial charge in [0.15, 0.2) is 5.82 Å². The Bertz CT molecular complexity index is 573. The fourth-order valence-electron chi connectivity index (χ4n) is 3.25. The van der Waals surface area contributed by atoms with Gasteiger partial charge in [0.2, 0.25) is 0 Å². The fraction of sp³-hybridized carbons (Fsp3) is 0.824. The molecule has 2 rings (SSSR count). The minimum Gasteiger partial charge on any atom is -0.391 e. The molecule has 25 heavy (non-hydrogen) atoms. The smallest absolute Gasteiger partial charge is 0.315 e. The van der Waals surface area contributed by atoms with Gasteiger partial charge in [0, 0.05) is 25.1 Å². The van der Waals surface area contributed by atoms with E-state index < -0.39 is 6.10 Å². The van der Waals surface area contributed by atoms with E-state index in [1.165, 1.54) is 0 Å². The molecule has 1 aliphatic rings. The Labute approximate surface area is 149 Å². The van der Waals surface area contributed by atoms with Crippen molar-refractivity contribution in [3.63, 3.8) is 0 Å². The lowest BCUT2D eigenvalue weighted by Gasteiger charge is -2.33. The predicted octanol–water partition coefficient (Wildman–Crippen LogP) is 1.71. The van der Waals surface area contributed by atoms with Crippen molar-refractivity contribution >= 4 is 6.03 Å². The Morgan fingerprint density at radius 3 is 2.68 bits per heavy atom. The van der Waals surface area contributed by atoms with E-state index in [1.807, 2.05) is 18.5 Å². The van der Waals surface area contributed by atoms with Gasteiger partial charge in [-0.1, -0.05) is 0 Å². The fourth-order valence-corrected chi connectivity index (χ4v) is 3.25. The number of methoxy groups -OCH3 is 1. The first-order chi connectivity index (χ1) is 11.8. The van der Waals surface area contributed by atoms with Gasteiger partial charge in [0.05, 0.1) is 12.1 Å². The number of hydrogen-bond donors (Lipinski definition) is 3.